The van der Waals surface area contributed by atoms with E-state index in [0.717, 1.165) is 19.5 Å². The van der Waals surface area contributed by atoms with Gasteiger partial charge in [0.25, 0.3) is 0 Å². The molecule has 0 radical (unpaired) electrons. The molecule has 4 N–H and O–H groups in total. The van der Waals surface area contributed by atoms with Crippen molar-refractivity contribution < 1.29 is 5.11 Å². The van der Waals surface area contributed by atoms with Crippen LogP contribution in [0.4, 0.5) is 0 Å². The van der Waals surface area contributed by atoms with Gasteiger partial charge in [-0.3, -0.25) is 0 Å². The Morgan fingerprint density at radius 1 is 1.29 bits per heavy atom. The molecule has 1 aliphatic rings. The van der Waals surface area contributed by atoms with Crippen molar-refractivity contribution in [3.63, 3.8) is 0 Å². The van der Waals surface area contributed by atoms with Crippen molar-refractivity contribution in [3.8, 4) is 0 Å². The maximum atomic E-state index is 9.05. The highest BCUT2D eigenvalue weighted by Crippen LogP contribution is 2.24. The van der Waals surface area contributed by atoms with E-state index in [1.54, 1.807) is 0 Å². The fraction of sp³-hybridized carbons (Fsp3) is 1.00. The van der Waals surface area contributed by atoms with Gasteiger partial charge in [-0.2, -0.15) is 0 Å². The molecule has 102 valence electrons. The third-order valence-electron chi connectivity index (χ3n) is 4.11. The number of nitrogens with two attached hydrogens (primary N) is 1. The molecule has 0 heterocycles. The van der Waals surface area contributed by atoms with E-state index < -0.39 is 0 Å². The first-order valence-electron chi connectivity index (χ1n) is 7.36. The van der Waals surface area contributed by atoms with Gasteiger partial charge in [0, 0.05) is 12.6 Å². The van der Waals surface area contributed by atoms with Crippen LogP contribution >= 0.6 is 0 Å². The molecule has 0 aromatic heterocycles. The first-order valence-corrected chi connectivity index (χ1v) is 7.36. The van der Waals surface area contributed by atoms with Crippen molar-refractivity contribution in [1.29, 1.82) is 0 Å². The third kappa shape index (κ3) is 5.36. The van der Waals surface area contributed by atoms with E-state index in [9.17, 15) is 0 Å². The van der Waals surface area contributed by atoms with Crippen LogP contribution in [-0.4, -0.2) is 30.8 Å². The largest absolute Gasteiger partial charge is 0.396 e. The fourth-order valence-corrected chi connectivity index (χ4v) is 3.02. The van der Waals surface area contributed by atoms with Crippen LogP contribution in [0.5, 0.6) is 0 Å². The second-order valence-corrected chi connectivity index (χ2v) is 5.46. The highest BCUT2D eigenvalue weighted by Gasteiger charge is 2.23. The molecule has 0 aromatic carbocycles. The van der Waals surface area contributed by atoms with Gasteiger partial charge in [-0.15, -0.1) is 0 Å². The molecule has 0 aliphatic heterocycles. The molecule has 3 nitrogen and oxygen atoms in total. The topological polar surface area (TPSA) is 58.3 Å². The van der Waals surface area contributed by atoms with Gasteiger partial charge in [-0.05, 0) is 50.6 Å². The summed E-state index contributed by atoms with van der Waals surface area (Å²) in [6.45, 7) is 4.40. The molecule has 3 atom stereocenters. The lowest BCUT2D eigenvalue weighted by Crippen LogP contribution is -2.43. The number of nitrogens with one attached hydrogen (secondary N) is 1. The minimum Gasteiger partial charge on any atom is -0.396 e. The summed E-state index contributed by atoms with van der Waals surface area (Å²) in [6, 6.07) is 0.617. The van der Waals surface area contributed by atoms with Crippen LogP contribution in [0.25, 0.3) is 0 Å². The Morgan fingerprint density at radius 2 is 2.06 bits per heavy atom. The average Bonchev–Trinajstić information content (AvgIpc) is 2.37. The molecule has 17 heavy (non-hydrogen) atoms. The van der Waals surface area contributed by atoms with Crippen LogP contribution < -0.4 is 11.1 Å². The molecule has 3 heteroatoms. The number of aliphatic hydroxyl groups is 1. The van der Waals surface area contributed by atoms with Crippen LogP contribution in [-0.2, 0) is 0 Å². The Morgan fingerprint density at radius 3 is 2.71 bits per heavy atom. The molecule has 1 fully saturated rings. The van der Waals surface area contributed by atoms with Crippen molar-refractivity contribution in [3.05, 3.63) is 0 Å². The van der Waals surface area contributed by atoms with Crippen LogP contribution in [0.15, 0.2) is 0 Å². The zero-order valence-electron chi connectivity index (χ0n) is 11.3. The molecule has 1 aliphatic carbocycles. The first-order chi connectivity index (χ1) is 8.31. The number of hydrogen-bond donors (Lipinski definition) is 3. The van der Waals surface area contributed by atoms with Crippen molar-refractivity contribution in [2.75, 3.05) is 19.7 Å². The van der Waals surface area contributed by atoms with Crippen LogP contribution in [0, 0.1) is 11.8 Å². The van der Waals surface area contributed by atoms with E-state index in [-0.39, 0.29) is 0 Å². The second-order valence-electron chi connectivity index (χ2n) is 5.46. The lowest BCUT2D eigenvalue weighted by Gasteiger charge is -2.32. The molecular formula is C14H30N2O. The summed E-state index contributed by atoms with van der Waals surface area (Å²) in [6.07, 6.45) is 8.60. The van der Waals surface area contributed by atoms with Crippen molar-refractivity contribution in [2.24, 2.45) is 17.6 Å². The molecule has 1 saturated carbocycles. The minimum absolute atomic E-state index is 0.317. The highest BCUT2D eigenvalue weighted by atomic mass is 16.3. The number of hydrogen-bond acceptors (Lipinski definition) is 3. The Hall–Kier alpha value is -0.120. The summed E-state index contributed by atoms with van der Waals surface area (Å²) >= 11 is 0. The Labute approximate surface area is 106 Å². The Kier molecular flexibility index (Phi) is 7.82. The van der Waals surface area contributed by atoms with E-state index >= 15 is 0 Å². The SMILES string of the molecule is CCCC(CCO)CNC1CCCCC1CN. The van der Waals surface area contributed by atoms with Gasteiger partial charge in [0.2, 0.25) is 0 Å². The van der Waals surface area contributed by atoms with E-state index in [2.05, 4.69) is 12.2 Å². The summed E-state index contributed by atoms with van der Waals surface area (Å²) in [7, 11) is 0. The number of rotatable bonds is 8. The lowest BCUT2D eigenvalue weighted by atomic mass is 9.84. The van der Waals surface area contributed by atoms with Crippen LogP contribution in [0.3, 0.4) is 0 Å². The zero-order chi connectivity index (χ0) is 12.5. The highest BCUT2D eigenvalue weighted by molar-refractivity contribution is 4.82. The van der Waals surface area contributed by atoms with Gasteiger partial charge in [-0.1, -0.05) is 26.2 Å². The van der Waals surface area contributed by atoms with Crippen molar-refractivity contribution >= 4 is 0 Å². The summed E-state index contributed by atoms with van der Waals surface area (Å²) in [4.78, 5) is 0. The summed E-state index contributed by atoms with van der Waals surface area (Å²) in [5.74, 6) is 1.30. The minimum atomic E-state index is 0.317. The molecule has 0 amide bonds. The van der Waals surface area contributed by atoms with Gasteiger partial charge in [0.1, 0.15) is 0 Å². The molecule has 0 spiro atoms. The standard InChI is InChI=1S/C14H30N2O/c1-2-5-12(8-9-17)11-16-14-7-4-3-6-13(14)10-15/h12-14,16-17H,2-11,15H2,1H3. The molecule has 0 bridgehead atoms. The lowest BCUT2D eigenvalue weighted by molar-refractivity contribution is 0.223. The van der Waals surface area contributed by atoms with Crippen molar-refractivity contribution in [1.82, 2.24) is 5.32 Å². The Balaban J connectivity index is 2.30. The summed E-state index contributed by atoms with van der Waals surface area (Å²) < 4.78 is 0. The van der Waals surface area contributed by atoms with Crippen LogP contribution in [0.2, 0.25) is 0 Å². The van der Waals surface area contributed by atoms with Gasteiger partial charge < -0.3 is 16.2 Å². The Bertz CT molecular complexity index is 181. The fourth-order valence-electron chi connectivity index (χ4n) is 3.02. The van der Waals surface area contributed by atoms with Crippen molar-refractivity contribution in [2.45, 2.75) is 57.9 Å². The quantitative estimate of drug-likeness (QED) is 0.609. The predicted octanol–water partition coefficient (Wildman–Crippen LogP) is 1.89. The zero-order valence-corrected chi connectivity index (χ0v) is 11.3. The molecule has 0 saturated heterocycles. The third-order valence-corrected chi connectivity index (χ3v) is 4.11. The maximum absolute atomic E-state index is 9.05. The predicted molar refractivity (Wildman–Crippen MR) is 72.9 cm³/mol. The van der Waals surface area contributed by atoms with E-state index in [1.165, 1.54) is 38.5 Å². The van der Waals surface area contributed by atoms with E-state index in [0.29, 0.717) is 24.5 Å². The molecule has 3 unspecified atom stereocenters. The second kappa shape index (κ2) is 8.90. The number of aliphatic hydroxyl groups excluding tert-OH is 1. The van der Waals surface area contributed by atoms with Crippen LogP contribution in [0.1, 0.15) is 51.9 Å². The van der Waals surface area contributed by atoms with Gasteiger partial charge in [-0.25, -0.2) is 0 Å². The molecule has 0 aromatic rings. The summed E-state index contributed by atoms with van der Waals surface area (Å²) in [5, 5.41) is 12.8. The monoisotopic (exact) mass is 242 g/mol. The average molecular weight is 242 g/mol. The molecule has 1 rings (SSSR count). The normalized spacial score (nSPS) is 27.0. The van der Waals surface area contributed by atoms with Gasteiger partial charge in [0.05, 0.1) is 0 Å². The van der Waals surface area contributed by atoms with E-state index in [1.807, 2.05) is 0 Å². The maximum Gasteiger partial charge on any atom is 0.0434 e. The first kappa shape index (κ1) is 14.9. The van der Waals surface area contributed by atoms with Gasteiger partial charge in [0.15, 0.2) is 0 Å². The molecular weight excluding hydrogens is 212 g/mol. The van der Waals surface area contributed by atoms with E-state index in [4.69, 9.17) is 10.8 Å². The smallest absolute Gasteiger partial charge is 0.0434 e. The van der Waals surface area contributed by atoms with Gasteiger partial charge >= 0.3 is 0 Å². The summed E-state index contributed by atoms with van der Waals surface area (Å²) in [5.41, 5.74) is 5.84.